The Morgan fingerprint density at radius 1 is 0.889 bits per heavy atom. The van der Waals surface area contributed by atoms with Crippen LogP contribution in [0.25, 0.3) is 21.7 Å². The number of fused-ring (bicyclic) bond motifs is 2. The predicted octanol–water partition coefficient (Wildman–Crippen LogP) is 4.05. The van der Waals surface area contributed by atoms with E-state index in [1.165, 1.54) is 0 Å². The smallest absolute Gasteiger partial charge is 0.291 e. The molecule has 36 heavy (non-hydrogen) atoms. The van der Waals surface area contributed by atoms with E-state index in [4.69, 9.17) is 9.15 Å². The predicted molar refractivity (Wildman–Crippen MR) is 136 cm³/mol. The van der Waals surface area contributed by atoms with E-state index in [0.717, 1.165) is 16.5 Å². The monoisotopic (exact) mass is 483 g/mol. The molecule has 2 aliphatic rings. The number of anilines is 2. The van der Waals surface area contributed by atoms with Crippen molar-refractivity contribution in [2.24, 2.45) is 5.92 Å². The second kappa shape index (κ2) is 9.13. The zero-order valence-corrected chi connectivity index (χ0v) is 19.6. The highest BCUT2D eigenvalue weighted by Gasteiger charge is 2.37. The molecular weight excluding hydrogens is 458 g/mol. The molecular formula is C28H25N3O5. The van der Waals surface area contributed by atoms with Gasteiger partial charge in [0.05, 0.1) is 24.8 Å². The summed E-state index contributed by atoms with van der Waals surface area (Å²) in [6.07, 6.45) is 0.0948. The normalized spacial score (nSPS) is 18.2. The molecule has 8 nitrogen and oxygen atoms in total. The molecule has 1 atom stereocenters. The highest BCUT2D eigenvalue weighted by molar-refractivity contribution is 6.13. The van der Waals surface area contributed by atoms with Crippen LogP contribution in [0.15, 0.2) is 71.1 Å². The fraction of sp³-hybridized carbons (Fsp3) is 0.250. The number of hydrogen-bond donors (Lipinski definition) is 1. The number of furan rings is 1. The van der Waals surface area contributed by atoms with Crippen molar-refractivity contribution < 1.29 is 23.5 Å². The van der Waals surface area contributed by atoms with Gasteiger partial charge in [0.2, 0.25) is 17.6 Å². The Balaban J connectivity index is 1.28. The van der Waals surface area contributed by atoms with E-state index < -0.39 is 5.92 Å². The largest absolute Gasteiger partial charge is 0.449 e. The highest BCUT2D eigenvalue weighted by Crippen LogP contribution is 2.35. The maximum absolute atomic E-state index is 13.4. The van der Waals surface area contributed by atoms with Crippen LogP contribution >= 0.6 is 0 Å². The summed E-state index contributed by atoms with van der Waals surface area (Å²) in [6, 6.07) is 20.9. The Kier molecular flexibility index (Phi) is 5.65. The quantitative estimate of drug-likeness (QED) is 0.473. The van der Waals surface area contributed by atoms with Crippen LogP contribution in [0.4, 0.5) is 11.4 Å². The minimum absolute atomic E-state index is 0.0948. The molecule has 0 bridgehead atoms. The third-order valence-electron chi connectivity index (χ3n) is 6.89. The third kappa shape index (κ3) is 3.89. The Labute approximate surface area is 207 Å². The SMILES string of the molecule is O=C(Nc1c(C(=O)N2CCOCC2)oc2ccccc12)C1CC(=O)N(c2cccc3ccccc23)C1. The minimum atomic E-state index is -0.559. The van der Waals surface area contributed by atoms with Gasteiger partial charge in [-0.15, -0.1) is 0 Å². The summed E-state index contributed by atoms with van der Waals surface area (Å²) in [4.78, 5) is 43.0. The van der Waals surface area contributed by atoms with Gasteiger partial charge >= 0.3 is 0 Å². The van der Waals surface area contributed by atoms with Gasteiger partial charge in [0, 0.05) is 36.8 Å². The number of carbonyl (C=O) groups is 3. The van der Waals surface area contributed by atoms with Crippen molar-refractivity contribution in [3.8, 4) is 0 Å². The van der Waals surface area contributed by atoms with Crippen LogP contribution in [-0.4, -0.2) is 55.5 Å². The fourth-order valence-electron chi connectivity index (χ4n) is 5.02. The van der Waals surface area contributed by atoms with E-state index in [0.29, 0.717) is 43.0 Å². The Morgan fingerprint density at radius 3 is 2.44 bits per heavy atom. The number of ether oxygens (including phenoxy) is 1. The van der Waals surface area contributed by atoms with Crippen molar-refractivity contribution in [2.45, 2.75) is 6.42 Å². The molecule has 6 rings (SSSR count). The molecule has 0 saturated carbocycles. The molecule has 4 aromatic rings. The number of carbonyl (C=O) groups excluding carboxylic acids is 3. The molecule has 1 aromatic heterocycles. The molecule has 2 saturated heterocycles. The molecule has 1 unspecified atom stereocenters. The first-order chi connectivity index (χ1) is 17.6. The lowest BCUT2D eigenvalue weighted by atomic mass is 10.1. The number of nitrogens with one attached hydrogen (secondary N) is 1. The van der Waals surface area contributed by atoms with Crippen molar-refractivity contribution in [1.82, 2.24) is 4.90 Å². The molecule has 0 radical (unpaired) electrons. The maximum Gasteiger partial charge on any atom is 0.291 e. The van der Waals surface area contributed by atoms with Gasteiger partial charge < -0.3 is 24.3 Å². The van der Waals surface area contributed by atoms with Crippen molar-refractivity contribution in [2.75, 3.05) is 43.1 Å². The van der Waals surface area contributed by atoms with Crippen LogP contribution < -0.4 is 10.2 Å². The van der Waals surface area contributed by atoms with Gasteiger partial charge in [-0.1, -0.05) is 48.5 Å². The first-order valence-corrected chi connectivity index (χ1v) is 12.1. The van der Waals surface area contributed by atoms with Gasteiger partial charge in [0.1, 0.15) is 11.3 Å². The first-order valence-electron chi connectivity index (χ1n) is 12.1. The number of rotatable bonds is 4. The topological polar surface area (TPSA) is 92.1 Å². The lowest BCUT2D eigenvalue weighted by molar-refractivity contribution is -0.122. The van der Waals surface area contributed by atoms with Gasteiger partial charge in [-0.25, -0.2) is 0 Å². The summed E-state index contributed by atoms with van der Waals surface area (Å²) >= 11 is 0. The number of amides is 3. The lowest BCUT2D eigenvalue weighted by Crippen LogP contribution is -2.40. The number of benzene rings is 3. The molecule has 3 heterocycles. The van der Waals surface area contributed by atoms with Gasteiger partial charge in [0.15, 0.2) is 0 Å². The Bertz CT molecular complexity index is 1480. The van der Waals surface area contributed by atoms with Crippen LogP contribution in [0.1, 0.15) is 17.0 Å². The third-order valence-corrected chi connectivity index (χ3v) is 6.89. The van der Waals surface area contributed by atoms with Crippen molar-refractivity contribution >= 4 is 50.8 Å². The van der Waals surface area contributed by atoms with Gasteiger partial charge in [-0.2, -0.15) is 0 Å². The van der Waals surface area contributed by atoms with Crippen molar-refractivity contribution in [3.05, 3.63) is 72.5 Å². The van der Waals surface area contributed by atoms with E-state index in [-0.39, 0.29) is 36.4 Å². The molecule has 2 aliphatic heterocycles. The number of para-hydroxylation sites is 1. The zero-order valence-electron chi connectivity index (χ0n) is 19.6. The number of morpholine rings is 1. The molecule has 1 N–H and O–H groups in total. The minimum Gasteiger partial charge on any atom is -0.449 e. The molecule has 8 heteroatoms. The summed E-state index contributed by atoms with van der Waals surface area (Å²) in [6.45, 7) is 2.10. The van der Waals surface area contributed by atoms with Crippen molar-refractivity contribution in [1.29, 1.82) is 0 Å². The zero-order chi connectivity index (χ0) is 24.6. The van der Waals surface area contributed by atoms with Crippen LogP contribution in [0.2, 0.25) is 0 Å². The van der Waals surface area contributed by atoms with E-state index in [9.17, 15) is 14.4 Å². The molecule has 3 amide bonds. The van der Waals surface area contributed by atoms with Crippen LogP contribution in [0, 0.1) is 5.92 Å². The van der Waals surface area contributed by atoms with Crippen LogP contribution in [0.5, 0.6) is 0 Å². The van der Waals surface area contributed by atoms with E-state index in [1.54, 1.807) is 15.9 Å². The molecule has 182 valence electrons. The second-order valence-corrected chi connectivity index (χ2v) is 9.10. The average molecular weight is 484 g/mol. The summed E-state index contributed by atoms with van der Waals surface area (Å²) in [5, 5.41) is 5.59. The van der Waals surface area contributed by atoms with E-state index in [1.807, 2.05) is 60.7 Å². The van der Waals surface area contributed by atoms with Gasteiger partial charge in [-0.05, 0) is 23.6 Å². The fourth-order valence-corrected chi connectivity index (χ4v) is 5.02. The van der Waals surface area contributed by atoms with Gasteiger partial charge in [-0.3, -0.25) is 14.4 Å². The number of nitrogens with zero attached hydrogens (tertiary/aromatic N) is 2. The van der Waals surface area contributed by atoms with Crippen LogP contribution in [-0.2, 0) is 14.3 Å². The maximum atomic E-state index is 13.4. The van der Waals surface area contributed by atoms with E-state index >= 15 is 0 Å². The summed E-state index contributed by atoms with van der Waals surface area (Å²) < 4.78 is 11.3. The Hall–Kier alpha value is -4.17. The molecule has 0 aliphatic carbocycles. The standard InChI is InChI=1S/C28H25N3O5/c32-24-16-19(17-31(24)22-10-5-7-18-6-1-2-8-20(18)22)27(33)29-25-21-9-3-4-11-23(21)36-26(25)28(34)30-12-14-35-15-13-30/h1-11,19H,12-17H2,(H,29,33). The molecule has 3 aromatic carbocycles. The number of hydrogen-bond acceptors (Lipinski definition) is 5. The summed E-state index contributed by atoms with van der Waals surface area (Å²) in [5.41, 5.74) is 1.66. The Morgan fingerprint density at radius 2 is 1.61 bits per heavy atom. The van der Waals surface area contributed by atoms with E-state index in [2.05, 4.69) is 5.32 Å². The van der Waals surface area contributed by atoms with Gasteiger partial charge in [0.25, 0.3) is 5.91 Å². The first kappa shape index (κ1) is 22.3. The highest BCUT2D eigenvalue weighted by atomic mass is 16.5. The van der Waals surface area contributed by atoms with Crippen molar-refractivity contribution in [3.63, 3.8) is 0 Å². The molecule has 2 fully saturated rings. The molecule has 0 spiro atoms. The summed E-state index contributed by atoms with van der Waals surface area (Å²) in [7, 11) is 0. The summed E-state index contributed by atoms with van der Waals surface area (Å²) in [5.74, 6) is -1.16. The lowest BCUT2D eigenvalue weighted by Gasteiger charge is -2.26. The second-order valence-electron chi connectivity index (χ2n) is 9.10. The van der Waals surface area contributed by atoms with Crippen LogP contribution in [0.3, 0.4) is 0 Å². The average Bonchev–Trinajstić information content (AvgIpc) is 3.49.